The fourth-order valence-electron chi connectivity index (χ4n) is 3.88. The van der Waals surface area contributed by atoms with E-state index in [4.69, 9.17) is 21.1 Å². The summed E-state index contributed by atoms with van der Waals surface area (Å²) in [5.41, 5.74) is 2.97. The number of nitrogens with one attached hydrogen (secondary N) is 2. The Balaban J connectivity index is 1.36. The molecule has 0 aliphatic carbocycles. The first-order valence-corrected chi connectivity index (χ1v) is 10.2. The first-order chi connectivity index (χ1) is 15.0. The van der Waals surface area contributed by atoms with Crippen LogP contribution in [0.25, 0.3) is 11.1 Å². The predicted molar refractivity (Wildman–Crippen MR) is 116 cm³/mol. The molecule has 0 spiro atoms. The minimum atomic E-state index is -0.737. The summed E-state index contributed by atoms with van der Waals surface area (Å²) < 4.78 is 12.6. The molecule has 1 unspecified atom stereocenters. The third-order valence-corrected chi connectivity index (χ3v) is 5.48. The van der Waals surface area contributed by atoms with Crippen LogP contribution in [0.4, 0.5) is 11.5 Å². The van der Waals surface area contributed by atoms with Crippen LogP contribution in [0.5, 0.6) is 11.5 Å². The number of hydrogen-bond donors (Lipinski definition) is 2. The molecule has 2 N–H and O–H groups in total. The number of carbonyl (C=O) groups is 2. The molecule has 2 aliphatic heterocycles. The second kappa shape index (κ2) is 7.63. The quantitative estimate of drug-likeness (QED) is 0.646. The summed E-state index contributed by atoms with van der Waals surface area (Å²) in [6.45, 7) is 2.82. The largest absolute Gasteiger partial charge is 0.486 e. The van der Waals surface area contributed by atoms with Gasteiger partial charge in [-0.2, -0.15) is 5.10 Å². The van der Waals surface area contributed by atoms with Gasteiger partial charge < -0.3 is 20.1 Å². The number of aryl methyl sites for hydroxylation is 1. The van der Waals surface area contributed by atoms with Crippen molar-refractivity contribution in [3.8, 4) is 22.6 Å². The molecular formula is C22H19ClN4O4. The summed E-state index contributed by atoms with van der Waals surface area (Å²) in [6, 6.07) is 11.8. The van der Waals surface area contributed by atoms with E-state index in [9.17, 15) is 9.59 Å². The lowest BCUT2D eigenvalue weighted by Gasteiger charge is -2.19. The minimum Gasteiger partial charge on any atom is -0.486 e. The van der Waals surface area contributed by atoms with E-state index >= 15 is 0 Å². The number of ether oxygens (including phenoxy) is 2. The third kappa shape index (κ3) is 3.59. The second-order valence-electron chi connectivity index (χ2n) is 7.38. The molecule has 158 valence electrons. The Morgan fingerprint density at radius 1 is 1.23 bits per heavy atom. The molecule has 9 heteroatoms. The summed E-state index contributed by atoms with van der Waals surface area (Å²) in [6.07, 6.45) is -0.0522. The van der Waals surface area contributed by atoms with Crippen LogP contribution >= 0.6 is 11.6 Å². The number of halogens is 1. The van der Waals surface area contributed by atoms with Crippen LogP contribution in [-0.4, -0.2) is 34.8 Å². The molecule has 3 aromatic rings. The van der Waals surface area contributed by atoms with Crippen LogP contribution in [0.1, 0.15) is 18.2 Å². The zero-order valence-corrected chi connectivity index (χ0v) is 17.4. The van der Waals surface area contributed by atoms with Crippen LogP contribution in [-0.2, 0) is 9.59 Å². The van der Waals surface area contributed by atoms with Crippen LogP contribution in [0.3, 0.4) is 0 Å². The van der Waals surface area contributed by atoms with E-state index in [1.54, 1.807) is 28.9 Å². The van der Waals surface area contributed by atoms with Gasteiger partial charge in [0.05, 0.1) is 12.1 Å². The maximum atomic E-state index is 12.7. The van der Waals surface area contributed by atoms with Crippen LogP contribution in [0.2, 0.25) is 5.02 Å². The normalized spacial score (nSPS) is 16.6. The van der Waals surface area contributed by atoms with Crippen molar-refractivity contribution in [3.05, 3.63) is 53.2 Å². The van der Waals surface area contributed by atoms with Crippen LogP contribution in [0.15, 0.2) is 42.5 Å². The number of amides is 2. The van der Waals surface area contributed by atoms with Crippen molar-refractivity contribution >= 4 is 34.9 Å². The molecule has 3 heterocycles. The Morgan fingerprint density at radius 3 is 2.84 bits per heavy atom. The molecular weight excluding hydrogens is 420 g/mol. The number of fused-ring (bicyclic) bond motifs is 2. The first kappa shape index (κ1) is 19.4. The average molecular weight is 439 g/mol. The van der Waals surface area contributed by atoms with Gasteiger partial charge in [0.2, 0.25) is 5.91 Å². The van der Waals surface area contributed by atoms with E-state index in [1.807, 2.05) is 25.1 Å². The van der Waals surface area contributed by atoms with Crippen LogP contribution < -0.4 is 20.1 Å². The molecule has 1 aromatic heterocycles. The Hall–Kier alpha value is -3.52. The highest BCUT2D eigenvalue weighted by Crippen LogP contribution is 2.39. The molecule has 2 aliphatic rings. The zero-order chi connectivity index (χ0) is 21.5. The SMILES string of the molecule is Cc1nn2c(c1-c1cccc(Cl)c1)NC(=O)C2CC(=O)Nc1ccc2c(c1)OCCO2. The fraction of sp³-hybridized carbons (Fsp3) is 0.227. The molecule has 0 saturated carbocycles. The lowest BCUT2D eigenvalue weighted by molar-refractivity contribution is -0.123. The highest BCUT2D eigenvalue weighted by molar-refractivity contribution is 6.30. The molecule has 2 amide bonds. The lowest BCUT2D eigenvalue weighted by Crippen LogP contribution is -2.24. The van der Waals surface area contributed by atoms with Gasteiger partial charge in [-0.15, -0.1) is 0 Å². The van der Waals surface area contributed by atoms with Gasteiger partial charge in [0, 0.05) is 22.3 Å². The highest BCUT2D eigenvalue weighted by atomic mass is 35.5. The van der Waals surface area contributed by atoms with E-state index in [2.05, 4.69) is 15.7 Å². The Bertz CT molecular complexity index is 1210. The van der Waals surface area contributed by atoms with Gasteiger partial charge in [-0.1, -0.05) is 23.7 Å². The van der Waals surface area contributed by atoms with E-state index in [0.717, 1.165) is 16.8 Å². The van der Waals surface area contributed by atoms with E-state index in [-0.39, 0.29) is 18.2 Å². The van der Waals surface area contributed by atoms with Gasteiger partial charge in [0.15, 0.2) is 11.5 Å². The summed E-state index contributed by atoms with van der Waals surface area (Å²) in [5, 5.41) is 10.8. The zero-order valence-electron chi connectivity index (χ0n) is 16.6. The van der Waals surface area contributed by atoms with Crippen LogP contribution in [0, 0.1) is 6.92 Å². The van der Waals surface area contributed by atoms with E-state index in [1.165, 1.54) is 0 Å². The number of rotatable bonds is 4. The minimum absolute atomic E-state index is 0.0522. The second-order valence-corrected chi connectivity index (χ2v) is 7.82. The molecule has 2 aromatic carbocycles. The molecule has 8 nitrogen and oxygen atoms in total. The molecule has 0 saturated heterocycles. The number of hydrogen-bond acceptors (Lipinski definition) is 5. The summed E-state index contributed by atoms with van der Waals surface area (Å²) in [5.74, 6) is 1.22. The van der Waals surface area contributed by atoms with Crippen molar-refractivity contribution in [2.45, 2.75) is 19.4 Å². The van der Waals surface area contributed by atoms with Gasteiger partial charge in [-0.25, -0.2) is 4.68 Å². The standard InChI is InChI=1S/C22H19ClN4O4/c1-12-20(13-3-2-4-14(23)9-13)21-25-22(29)16(27(21)26-12)11-19(28)24-15-5-6-17-18(10-15)31-8-7-30-17/h2-6,9-10,16H,7-8,11H2,1H3,(H,24,28)(H,25,29). The molecule has 0 fully saturated rings. The highest BCUT2D eigenvalue weighted by Gasteiger charge is 2.36. The van der Waals surface area contributed by atoms with Crippen molar-refractivity contribution in [1.29, 1.82) is 0 Å². The van der Waals surface area contributed by atoms with Crippen molar-refractivity contribution in [1.82, 2.24) is 9.78 Å². The van der Waals surface area contributed by atoms with Crippen molar-refractivity contribution in [3.63, 3.8) is 0 Å². The van der Waals surface area contributed by atoms with Crippen molar-refractivity contribution in [2.75, 3.05) is 23.8 Å². The number of anilines is 2. The summed E-state index contributed by atoms with van der Waals surface area (Å²) in [7, 11) is 0. The number of carbonyl (C=O) groups excluding carboxylic acids is 2. The predicted octanol–water partition coefficient (Wildman–Crippen LogP) is 3.81. The molecule has 0 radical (unpaired) electrons. The van der Waals surface area contributed by atoms with Gasteiger partial charge in [-0.3, -0.25) is 9.59 Å². The van der Waals surface area contributed by atoms with E-state index in [0.29, 0.717) is 41.2 Å². The molecule has 1 atom stereocenters. The Kier molecular flexibility index (Phi) is 4.78. The summed E-state index contributed by atoms with van der Waals surface area (Å²) >= 11 is 6.13. The number of nitrogens with zero attached hydrogens (tertiary/aromatic N) is 2. The Labute approximate surface area is 183 Å². The third-order valence-electron chi connectivity index (χ3n) is 5.24. The van der Waals surface area contributed by atoms with Crippen molar-refractivity contribution < 1.29 is 19.1 Å². The maximum absolute atomic E-state index is 12.7. The number of benzene rings is 2. The smallest absolute Gasteiger partial charge is 0.251 e. The number of aromatic nitrogens is 2. The topological polar surface area (TPSA) is 94.5 Å². The van der Waals surface area contributed by atoms with Crippen molar-refractivity contribution in [2.24, 2.45) is 0 Å². The van der Waals surface area contributed by atoms with Gasteiger partial charge >= 0.3 is 0 Å². The first-order valence-electron chi connectivity index (χ1n) is 9.85. The maximum Gasteiger partial charge on any atom is 0.251 e. The lowest BCUT2D eigenvalue weighted by atomic mass is 10.1. The molecule has 5 rings (SSSR count). The average Bonchev–Trinajstić information content (AvgIpc) is 3.21. The monoisotopic (exact) mass is 438 g/mol. The fourth-order valence-corrected chi connectivity index (χ4v) is 4.07. The van der Waals surface area contributed by atoms with Gasteiger partial charge in [-0.05, 0) is 36.8 Å². The van der Waals surface area contributed by atoms with Gasteiger partial charge in [0.1, 0.15) is 25.1 Å². The summed E-state index contributed by atoms with van der Waals surface area (Å²) in [4.78, 5) is 25.3. The molecule has 31 heavy (non-hydrogen) atoms. The van der Waals surface area contributed by atoms with E-state index < -0.39 is 6.04 Å². The molecule has 0 bridgehead atoms. The Morgan fingerprint density at radius 2 is 2.03 bits per heavy atom. The van der Waals surface area contributed by atoms with Gasteiger partial charge in [0.25, 0.3) is 5.91 Å².